The van der Waals surface area contributed by atoms with Crippen molar-refractivity contribution in [3.63, 3.8) is 0 Å². The summed E-state index contributed by atoms with van der Waals surface area (Å²) in [4.78, 5) is 4.12. The van der Waals surface area contributed by atoms with Crippen molar-refractivity contribution in [1.82, 2.24) is 14.1 Å². The van der Waals surface area contributed by atoms with E-state index in [0.29, 0.717) is 0 Å². The SMILES string of the molecule is Clc1ccc(Cc2cn(Cn3ccnc3)c3ccccc23)cc1. The molecule has 23 heavy (non-hydrogen) atoms. The van der Waals surface area contributed by atoms with Gasteiger partial charge in [-0.05, 0) is 35.7 Å². The topological polar surface area (TPSA) is 22.8 Å². The Morgan fingerprint density at radius 2 is 1.83 bits per heavy atom. The molecular formula is C19H16ClN3. The van der Waals surface area contributed by atoms with Gasteiger partial charge >= 0.3 is 0 Å². The Balaban J connectivity index is 1.73. The van der Waals surface area contributed by atoms with Crippen LogP contribution in [0.4, 0.5) is 0 Å². The molecule has 0 amide bonds. The van der Waals surface area contributed by atoms with Crippen LogP contribution in [0.25, 0.3) is 10.9 Å². The molecule has 0 bridgehead atoms. The summed E-state index contributed by atoms with van der Waals surface area (Å²) in [5.41, 5.74) is 3.83. The zero-order valence-corrected chi connectivity index (χ0v) is 13.3. The Kier molecular flexibility index (Phi) is 3.64. The number of para-hydroxylation sites is 1. The first-order valence-corrected chi connectivity index (χ1v) is 7.94. The van der Waals surface area contributed by atoms with Gasteiger partial charge in [0.1, 0.15) is 0 Å². The summed E-state index contributed by atoms with van der Waals surface area (Å²) >= 11 is 5.98. The van der Waals surface area contributed by atoms with Gasteiger partial charge in [-0.3, -0.25) is 0 Å². The normalized spacial score (nSPS) is 11.2. The minimum atomic E-state index is 0.765. The molecule has 0 atom stereocenters. The van der Waals surface area contributed by atoms with Gasteiger partial charge in [0.05, 0.1) is 13.0 Å². The van der Waals surface area contributed by atoms with Crippen molar-refractivity contribution in [3.05, 3.63) is 89.6 Å². The highest BCUT2D eigenvalue weighted by molar-refractivity contribution is 6.30. The van der Waals surface area contributed by atoms with Crippen molar-refractivity contribution in [3.8, 4) is 0 Å². The summed E-state index contributed by atoms with van der Waals surface area (Å²) in [5, 5.41) is 2.07. The number of hydrogen-bond acceptors (Lipinski definition) is 1. The molecule has 0 aliphatic heterocycles. The van der Waals surface area contributed by atoms with E-state index in [9.17, 15) is 0 Å². The van der Waals surface area contributed by atoms with Crippen molar-refractivity contribution in [2.24, 2.45) is 0 Å². The average Bonchev–Trinajstić information content (AvgIpc) is 3.19. The average molecular weight is 322 g/mol. The Hall–Kier alpha value is -2.52. The number of halogens is 1. The summed E-state index contributed by atoms with van der Waals surface area (Å²) < 4.78 is 4.33. The lowest BCUT2D eigenvalue weighted by molar-refractivity contribution is 0.624. The van der Waals surface area contributed by atoms with Gasteiger partial charge in [0, 0.05) is 34.5 Å². The fourth-order valence-electron chi connectivity index (χ4n) is 2.95. The van der Waals surface area contributed by atoms with Crippen LogP contribution < -0.4 is 0 Å². The van der Waals surface area contributed by atoms with E-state index in [1.807, 2.05) is 24.7 Å². The second-order valence-electron chi connectivity index (χ2n) is 5.66. The Morgan fingerprint density at radius 3 is 2.61 bits per heavy atom. The van der Waals surface area contributed by atoms with Crippen molar-refractivity contribution < 1.29 is 0 Å². The molecule has 0 spiro atoms. The lowest BCUT2D eigenvalue weighted by Crippen LogP contribution is -2.04. The number of imidazole rings is 1. The van der Waals surface area contributed by atoms with Gasteiger partial charge in [0.2, 0.25) is 0 Å². The van der Waals surface area contributed by atoms with E-state index in [1.165, 1.54) is 22.0 Å². The zero-order chi connectivity index (χ0) is 15.6. The van der Waals surface area contributed by atoms with Crippen molar-refractivity contribution in [2.75, 3.05) is 0 Å². The van der Waals surface area contributed by atoms with Crippen LogP contribution in [0.5, 0.6) is 0 Å². The number of benzene rings is 2. The summed E-state index contributed by atoms with van der Waals surface area (Å²) in [6, 6.07) is 16.6. The summed E-state index contributed by atoms with van der Waals surface area (Å²) in [6.45, 7) is 0.765. The van der Waals surface area contributed by atoms with Gasteiger partial charge < -0.3 is 9.13 Å². The Morgan fingerprint density at radius 1 is 1.00 bits per heavy atom. The Bertz CT molecular complexity index is 921. The third kappa shape index (κ3) is 2.88. The Labute approximate surface area is 139 Å². The number of hydrogen-bond donors (Lipinski definition) is 0. The second-order valence-corrected chi connectivity index (χ2v) is 6.10. The number of nitrogens with zero attached hydrogens (tertiary/aromatic N) is 3. The van der Waals surface area contributed by atoms with Crippen molar-refractivity contribution in [1.29, 1.82) is 0 Å². The van der Waals surface area contributed by atoms with E-state index in [1.54, 1.807) is 6.20 Å². The lowest BCUT2D eigenvalue weighted by Gasteiger charge is -2.05. The minimum Gasteiger partial charge on any atom is -0.329 e. The summed E-state index contributed by atoms with van der Waals surface area (Å²) in [7, 11) is 0. The summed E-state index contributed by atoms with van der Waals surface area (Å²) in [6.07, 6.45) is 8.76. The molecule has 114 valence electrons. The molecule has 0 fully saturated rings. The van der Waals surface area contributed by atoms with Crippen LogP contribution in [0.1, 0.15) is 11.1 Å². The van der Waals surface area contributed by atoms with E-state index in [0.717, 1.165) is 18.1 Å². The molecule has 2 aromatic heterocycles. The zero-order valence-electron chi connectivity index (χ0n) is 12.6. The first-order valence-electron chi connectivity index (χ1n) is 7.56. The third-order valence-electron chi connectivity index (χ3n) is 4.05. The van der Waals surface area contributed by atoms with Crippen LogP contribution in [0.2, 0.25) is 5.02 Å². The summed E-state index contributed by atoms with van der Waals surface area (Å²) in [5.74, 6) is 0. The first kappa shape index (κ1) is 14.1. The van der Waals surface area contributed by atoms with Crippen LogP contribution >= 0.6 is 11.6 Å². The lowest BCUT2D eigenvalue weighted by atomic mass is 10.0. The highest BCUT2D eigenvalue weighted by Gasteiger charge is 2.09. The second kappa shape index (κ2) is 5.94. The van der Waals surface area contributed by atoms with Gasteiger partial charge in [-0.15, -0.1) is 0 Å². The third-order valence-corrected chi connectivity index (χ3v) is 4.31. The van der Waals surface area contributed by atoms with E-state index in [2.05, 4.69) is 56.7 Å². The fourth-order valence-corrected chi connectivity index (χ4v) is 3.08. The van der Waals surface area contributed by atoms with Crippen LogP contribution in [0.3, 0.4) is 0 Å². The fraction of sp³-hybridized carbons (Fsp3) is 0.105. The number of fused-ring (bicyclic) bond motifs is 1. The molecule has 0 saturated carbocycles. The molecule has 0 aliphatic rings. The molecule has 4 aromatic rings. The number of rotatable bonds is 4. The smallest absolute Gasteiger partial charge is 0.0997 e. The van der Waals surface area contributed by atoms with Gasteiger partial charge in [-0.25, -0.2) is 4.98 Å². The molecule has 2 aromatic carbocycles. The predicted molar refractivity (Wildman–Crippen MR) is 93.8 cm³/mol. The largest absolute Gasteiger partial charge is 0.329 e. The first-order chi connectivity index (χ1) is 11.3. The molecule has 0 aliphatic carbocycles. The van der Waals surface area contributed by atoms with Crippen LogP contribution in [-0.4, -0.2) is 14.1 Å². The maximum atomic E-state index is 5.98. The minimum absolute atomic E-state index is 0.765. The number of aromatic nitrogens is 3. The maximum absolute atomic E-state index is 5.98. The van der Waals surface area contributed by atoms with Crippen molar-refractivity contribution in [2.45, 2.75) is 13.1 Å². The maximum Gasteiger partial charge on any atom is 0.0997 e. The van der Waals surface area contributed by atoms with E-state index < -0.39 is 0 Å². The molecule has 4 rings (SSSR count). The van der Waals surface area contributed by atoms with Crippen molar-refractivity contribution >= 4 is 22.5 Å². The molecule has 0 unspecified atom stereocenters. The predicted octanol–water partition coefficient (Wildman–Crippen LogP) is 4.59. The molecule has 0 N–H and O–H groups in total. The van der Waals surface area contributed by atoms with Gasteiger partial charge in [-0.2, -0.15) is 0 Å². The monoisotopic (exact) mass is 321 g/mol. The molecular weight excluding hydrogens is 306 g/mol. The van der Waals surface area contributed by atoms with Gasteiger partial charge in [0.15, 0.2) is 0 Å². The molecule has 0 saturated heterocycles. The molecule has 4 heteroatoms. The van der Waals surface area contributed by atoms with E-state index in [4.69, 9.17) is 11.6 Å². The van der Waals surface area contributed by atoms with E-state index in [-0.39, 0.29) is 0 Å². The highest BCUT2D eigenvalue weighted by atomic mass is 35.5. The molecule has 2 heterocycles. The highest BCUT2D eigenvalue weighted by Crippen LogP contribution is 2.24. The van der Waals surface area contributed by atoms with Gasteiger partial charge in [0.25, 0.3) is 0 Å². The molecule has 0 radical (unpaired) electrons. The molecule has 3 nitrogen and oxygen atoms in total. The quantitative estimate of drug-likeness (QED) is 0.539. The van der Waals surface area contributed by atoms with E-state index >= 15 is 0 Å². The van der Waals surface area contributed by atoms with Crippen LogP contribution in [0, 0.1) is 0 Å². The van der Waals surface area contributed by atoms with Gasteiger partial charge in [-0.1, -0.05) is 41.9 Å². The van der Waals surface area contributed by atoms with Crippen LogP contribution in [-0.2, 0) is 13.1 Å². The standard InChI is InChI=1S/C19H16ClN3/c20-17-7-5-15(6-8-17)11-16-12-23(14-22-10-9-21-13-22)19-4-2-1-3-18(16)19/h1-10,12-13H,11,14H2. The van der Waals surface area contributed by atoms with Crippen LogP contribution in [0.15, 0.2) is 73.4 Å².